The summed E-state index contributed by atoms with van der Waals surface area (Å²) in [6.45, 7) is 1.92. The second-order valence-electron chi connectivity index (χ2n) is 3.45. The van der Waals surface area contributed by atoms with E-state index in [0.29, 0.717) is 16.6 Å². The highest BCUT2D eigenvalue weighted by atomic mass is 32.1. The van der Waals surface area contributed by atoms with Gasteiger partial charge < -0.3 is 10.4 Å². The molecule has 0 saturated heterocycles. The Morgan fingerprint density at radius 1 is 1.71 bits per heavy atom. The largest absolute Gasteiger partial charge is 0.481 e. The van der Waals surface area contributed by atoms with Crippen LogP contribution in [-0.4, -0.2) is 31.2 Å². The molecular formula is C9H11N5O2S. The Morgan fingerprint density at radius 3 is 3.18 bits per heavy atom. The van der Waals surface area contributed by atoms with E-state index in [1.165, 1.54) is 17.7 Å². The van der Waals surface area contributed by atoms with Crippen LogP contribution >= 0.6 is 11.3 Å². The number of aromatic amines is 1. The summed E-state index contributed by atoms with van der Waals surface area (Å²) in [6, 6.07) is -0.0543. The molecule has 0 saturated carbocycles. The fourth-order valence-corrected chi connectivity index (χ4v) is 2.09. The Labute approximate surface area is 101 Å². The number of hydrogen-bond donors (Lipinski definition) is 3. The predicted molar refractivity (Wildman–Crippen MR) is 61.9 cm³/mol. The molecule has 2 aromatic heterocycles. The van der Waals surface area contributed by atoms with Crippen molar-refractivity contribution in [1.82, 2.24) is 20.2 Å². The SMILES string of the molecule is CC(Nc1nc(CC(=O)O)cs1)c1ncn[nH]1. The zero-order valence-corrected chi connectivity index (χ0v) is 9.86. The minimum absolute atomic E-state index is 0.0543. The van der Waals surface area contributed by atoms with Crippen molar-refractivity contribution < 1.29 is 9.90 Å². The number of thiazole rings is 1. The number of nitrogens with one attached hydrogen (secondary N) is 2. The number of anilines is 1. The van der Waals surface area contributed by atoms with Gasteiger partial charge in [-0.3, -0.25) is 9.89 Å². The Kier molecular flexibility index (Phi) is 3.33. The van der Waals surface area contributed by atoms with E-state index in [0.717, 1.165) is 0 Å². The molecule has 0 bridgehead atoms. The number of hydrogen-bond acceptors (Lipinski definition) is 6. The standard InChI is InChI=1S/C9H11N5O2S/c1-5(8-10-4-11-14-8)12-9-13-6(3-17-9)2-7(15)16/h3-5H,2H2,1H3,(H,12,13)(H,15,16)(H,10,11,14). The van der Waals surface area contributed by atoms with E-state index in [4.69, 9.17) is 5.11 Å². The molecule has 2 heterocycles. The third kappa shape index (κ3) is 3.00. The first kappa shape index (κ1) is 11.5. The summed E-state index contributed by atoms with van der Waals surface area (Å²) in [5.41, 5.74) is 0.551. The van der Waals surface area contributed by atoms with E-state index in [2.05, 4.69) is 25.5 Å². The van der Waals surface area contributed by atoms with Crippen LogP contribution in [0.1, 0.15) is 24.5 Å². The van der Waals surface area contributed by atoms with Crippen LogP contribution in [0, 0.1) is 0 Å². The molecule has 2 rings (SSSR count). The number of carboxylic acid groups (broad SMARTS) is 1. The normalized spacial score (nSPS) is 12.3. The summed E-state index contributed by atoms with van der Waals surface area (Å²) in [6.07, 6.45) is 1.38. The van der Waals surface area contributed by atoms with Crippen molar-refractivity contribution in [2.24, 2.45) is 0 Å². The van der Waals surface area contributed by atoms with Crippen LogP contribution in [0.15, 0.2) is 11.7 Å². The second-order valence-corrected chi connectivity index (χ2v) is 4.31. The molecule has 0 spiro atoms. The molecule has 1 atom stereocenters. The smallest absolute Gasteiger partial charge is 0.309 e. The molecule has 0 aliphatic carbocycles. The van der Waals surface area contributed by atoms with E-state index < -0.39 is 5.97 Å². The van der Waals surface area contributed by atoms with Gasteiger partial charge in [0.2, 0.25) is 0 Å². The van der Waals surface area contributed by atoms with Crippen molar-refractivity contribution >= 4 is 22.4 Å². The lowest BCUT2D eigenvalue weighted by Gasteiger charge is -2.08. The number of carbonyl (C=O) groups is 1. The molecule has 90 valence electrons. The van der Waals surface area contributed by atoms with Crippen LogP contribution in [-0.2, 0) is 11.2 Å². The summed E-state index contributed by atoms with van der Waals surface area (Å²) in [7, 11) is 0. The molecule has 0 aliphatic heterocycles. The van der Waals surface area contributed by atoms with Gasteiger partial charge in [0, 0.05) is 5.38 Å². The van der Waals surface area contributed by atoms with Crippen molar-refractivity contribution in [2.45, 2.75) is 19.4 Å². The zero-order chi connectivity index (χ0) is 12.3. The van der Waals surface area contributed by atoms with Crippen molar-refractivity contribution in [3.05, 3.63) is 23.2 Å². The van der Waals surface area contributed by atoms with Crippen molar-refractivity contribution in [2.75, 3.05) is 5.32 Å². The van der Waals surface area contributed by atoms with Gasteiger partial charge in [0.1, 0.15) is 12.2 Å². The average molecular weight is 253 g/mol. The lowest BCUT2D eigenvalue weighted by molar-refractivity contribution is -0.136. The van der Waals surface area contributed by atoms with E-state index in [-0.39, 0.29) is 12.5 Å². The Morgan fingerprint density at radius 2 is 2.53 bits per heavy atom. The maximum atomic E-state index is 10.5. The Balaban J connectivity index is 1.99. The summed E-state index contributed by atoms with van der Waals surface area (Å²) in [4.78, 5) is 18.7. The summed E-state index contributed by atoms with van der Waals surface area (Å²) < 4.78 is 0. The monoisotopic (exact) mass is 253 g/mol. The van der Waals surface area contributed by atoms with E-state index in [1.807, 2.05) is 6.92 Å². The first-order valence-corrected chi connectivity index (χ1v) is 5.81. The average Bonchev–Trinajstić information content (AvgIpc) is 2.87. The third-order valence-corrected chi connectivity index (χ3v) is 2.89. The number of carboxylic acids is 1. The number of nitrogens with zero attached hydrogens (tertiary/aromatic N) is 3. The molecule has 0 aliphatic rings. The van der Waals surface area contributed by atoms with E-state index >= 15 is 0 Å². The maximum absolute atomic E-state index is 10.5. The fourth-order valence-electron chi connectivity index (χ4n) is 1.29. The molecule has 0 fully saturated rings. The van der Waals surface area contributed by atoms with Crippen LogP contribution in [0.25, 0.3) is 0 Å². The topological polar surface area (TPSA) is 104 Å². The van der Waals surface area contributed by atoms with Gasteiger partial charge in [-0.1, -0.05) is 0 Å². The summed E-state index contributed by atoms with van der Waals surface area (Å²) >= 11 is 1.37. The van der Waals surface area contributed by atoms with Gasteiger partial charge in [-0.2, -0.15) is 5.10 Å². The number of rotatable bonds is 5. The molecule has 17 heavy (non-hydrogen) atoms. The lowest BCUT2D eigenvalue weighted by atomic mass is 10.3. The molecule has 8 heteroatoms. The van der Waals surface area contributed by atoms with Gasteiger partial charge in [-0.25, -0.2) is 9.97 Å². The molecule has 3 N–H and O–H groups in total. The first-order chi connectivity index (χ1) is 8.15. The molecule has 0 amide bonds. The quantitative estimate of drug-likeness (QED) is 0.736. The maximum Gasteiger partial charge on any atom is 0.309 e. The fraction of sp³-hybridized carbons (Fsp3) is 0.333. The van der Waals surface area contributed by atoms with E-state index in [9.17, 15) is 4.79 Å². The van der Waals surface area contributed by atoms with Crippen molar-refractivity contribution in [1.29, 1.82) is 0 Å². The van der Waals surface area contributed by atoms with E-state index in [1.54, 1.807) is 5.38 Å². The van der Waals surface area contributed by atoms with Crippen LogP contribution in [0.5, 0.6) is 0 Å². The van der Waals surface area contributed by atoms with Crippen LogP contribution in [0.4, 0.5) is 5.13 Å². The second kappa shape index (κ2) is 4.91. The van der Waals surface area contributed by atoms with Crippen LogP contribution in [0.3, 0.4) is 0 Å². The van der Waals surface area contributed by atoms with Crippen molar-refractivity contribution in [3.63, 3.8) is 0 Å². The van der Waals surface area contributed by atoms with Gasteiger partial charge in [0.15, 0.2) is 5.13 Å². The first-order valence-electron chi connectivity index (χ1n) is 4.93. The van der Waals surface area contributed by atoms with Gasteiger partial charge in [0.25, 0.3) is 0 Å². The molecule has 7 nitrogen and oxygen atoms in total. The predicted octanol–water partition coefficient (Wildman–Crippen LogP) is 1.06. The van der Waals surface area contributed by atoms with Gasteiger partial charge >= 0.3 is 5.97 Å². The number of H-pyrrole nitrogens is 1. The number of aromatic nitrogens is 4. The highest BCUT2D eigenvalue weighted by molar-refractivity contribution is 7.13. The third-order valence-electron chi connectivity index (χ3n) is 2.07. The lowest BCUT2D eigenvalue weighted by Crippen LogP contribution is -2.08. The highest BCUT2D eigenvalue weighted by Gasteiger charge is 2.11. The summed E-state index contributed by atoms with van der Waals surface area (Å²) in [5.74, 6) is -0.176. The van der Waals surface area contributed by atoms with Gasteiger partial charge in [-0.15, -0.1) is 11.3 Å². The Hall–Kier alpha value is -1.96. The van der Waals surface area contributed by atoms with Gasteiger partial charge in [-0.05, 0) is 6.92 Å². The van der Waals surface area contributed by atoms with Gasteiger partial charge in [0.05, 0.1) is 18.2 Å². The molecular weight excluding hydrogens is 242 g/mol. The minimum Gasteiger partial charge on any atom is -0.481 e. The molecule has 0 aromatic carbocycles. The summed E-state index contributed by atoms with van der Waals surface area (Å²) in [5, 5.41) is 20.7. The van der Waals surface area contributed by atoms with Crippen molar-refractivity contribution in [3.8, 4) is 0 Å². The minimum atomic E-state index is -0.884. The molecule has 1 unspecified atom stereocenters. The van der Waals surface area contributed by atoms with Crippen LogP contribution < -0.4 is 5.32 Å². The van der Waals surface area contributed by atoms with Crippen LogP contribution in [0.2, 0.25) is 0 Å². The highest BCUT2D eigenvalue weighted by Crippen LogP contribution is 2.20. The Bertz CT molecular complexity index is 495. The number of aliphatic carboxylic acids is 1. The molecule has 0 radical (unpaired) electrons. The molecule has 2 aromatic rings. The zero-order valence-electron chi connectivity index (χ0n) is 9.04.